The zero-order valence-corrected chi connectivity index (χ0v) is 21.2. The predicted molar refractivity (Wildman–Crippen MR) is 134 cm³/mol. The van der Waals surface area contributed by atoms with Crippen molar-refractivity contribution in [2.45, 2.75) is 94.4 Å². The lowest BCUT2D eigenvalue weighted by Crippen LogP contribution is -2.63. The first-order valence-electron chi connectivity index (χ1n) is 13.5. The number of nitrogens with zero attached hydrogens (tertiary/aromatic N) is 3. The molecule has 37 heavy (non-hydrogen) atoms. The summed E-state index contributed by atoms with van der Waals surface area (Å²) in [6, 6.07) is 2.02. The van der Waals surface area contributed by atoms with E-state index >= 15 is 4.39 Å². The molecule has 0 amide bonds. The van der Waals surface area contributed by atoms with Crippen molar-refractivity contribution in [2.24, 2.45) is 17.1 Å². The molecule has 1 spiro atoms. The molecule has 11 heteroatoms. The summed E-state index contributed by atoms with van der Waals surface area (Å²) >= 11 is 0. The Hall–Kier alpha value is -2.71. The van der Waals surface area contributed by atoms with E-state index in [0.717, 1.165) is 32.1 Å². The number of amidine groups is 1. The zero-order valence-electron chi connectivity index (χ0n) is 21.2. The Morgan fingerprint density at radius 1 is 1.19 bits per heavy atom. The van der Waals surface area contributed by atoms with Crippen molar-refractivity contribution >= 4 is 5.84 Å². The highest BCUT2D eigenvalue weighted by Gasteiger charge is 2.56. The van der Waals surface area contributed by atoms with Gasteiger partial charge in [0.25, 0.3) is 5.56 Å². The highest BCUT2D eigenvalue weighted by molar-refractivity contribution is 5.96. The number of nitrogens with two attached hydrogens (primary N) is 1. The molecule has 3 aliphatic carbocycles. The van der Waals surface area contributed by atoms with Gasteiger partial charge in [0.2, 0.25) is 5.88 Å². The Morgan fingerprint density at radius 2 is 1.84 bits per heavy atom. The van der Waals surface area contributed by atoms with E-state index in [2.05, 4.69) is 11.4 Å². The molecule has 202 valence electrons. The SMILES string of the molecule is N#CC1(NCC2(F)CCOCC2)CC2(CCC(n3c(=O)c(C(=N)N)c(O)n(CC4CCC4)c3=O)CC2)C1. The van der Waals surface area contributed by atoms with Gasteiger partial charge < -0.3 is 15.6 Å². The Kier molecular flexibility index (Phi) is 6.69. The molecule has 3 saturated carbocycles. The Balaban J connectivity index is 1.29. The monoisotopic (exact) mass is 516 g/mol. The smallest absolute Gasteiger partial charge is 0.334 e. The van der Waals surface area contributed by atoms with E-state index in [4.69, 9.17) is 15.9 Å². The lowest BCUT2D eigenvalue weighted by Gasteiger charge is -2.56. The van der Waals surface area contributed by atoms with Gasteiger partial charge in [-0.3, -0.25) is 24.7 Å². The molecule has 0 aromatic carbocycles. The van der Waals surface area contributed by atoms with Crippen molar-refractivity contribution in [1.29, 1.82) is 10.7 Å². The second kappa shape index (κ2) is 9.55. The largest absolute Gasteiger partial charge is 0.494 e. The summed E-state index contributed by atoms with van der Waals surface area (Å²) in [5.41, 5.74) is 1.88. The van der Waals surface area contributed by atoms with E-state index in [1.165, 1.54) is 9.13 Å². The van der Waals surface area contributed by atoms with Gasteiger partial charge in [-0.05, 0) is 62.7 Å². The average molecular weight is 517 g/mol. The Bertz CT molecular complexity index is 1210. The van der Waals surface area contributed by atoms with Gasteiger partial charge in [0.1, 0.15) is 22.6 Å². The van der Waals surface area contributed by atoms with Crippen LogP contribution < -0.4 is 22.3 Å². The van der Waals surface area contributed by atoms with Gasteiger partial charge in [-0.2, -0.15) is 5.26 Å². The summed E-state index contributed by atoms with van der Waals surface area (Å²) in [6.45, 7) is 1.24. The second-order valence-corrected chi connectivity index (χ2v) is 11.9. The molecule has 10 nitrogen and oxygen atoms in total. The third kappa shape index (κ3) is 4.70. The van der Waals surface area contributed by atoms with Crippen LogP contribution in [0.25, 0.3) is 0 Å². The number of alkyl halides is 1. The molecule has 0 bridgehead atoms. The summed E-state index contributed by atoms with van der Waals surface area (Å²) < 4.78 is 22.7. The molecule has 4 fully saturated rings. The normalized spacial score (nSPS) is 31.3. The molecule has 5 rings (SSSR count). The Morgan fingerprint density at radius 3 is 2.38 bits per heavy atom. The lowest BCUT2D eigenvalue weighted by atomic mass is 9.52. The first-order valence-corrected chi connectivity index (χ1v) is 13.5. The lowest BCUT2D eigenvalue weighted by molar-refractivity contribution is -0.0379. The van der Waals surface area contributed by atoms with Gasteiger partial charge in [0.15, 0.2) is 0 Å². The first-order chi connectivity index (χ1) is 17.6. The maximum atomic E-state index is 15.0. The fourth-order valence-electron chi connectivity index (χ4n) is 6.85. The summed E-state index contributed by atoms with van der Waals surface area (Å²) in [4.78, 5) is 26.6. The third-order valence-electron chi connectivity index (χ3n) is 9.36. The number of aromatic nitrogens is 2. The average Bonchev–Trinajstić information content (AvgIpc) is 2.81. The minimum atomic E-state index is -1.35. The van der Waals surface area contributed by atoms with Crippen LogP contribution in [0, 0.1) is 28.1 Å². The van der Waals surface area contributed by atoms with Crippen molar-refractivity contribution in [3.05, 3.63) is 26.4 Å². The van der Waals surface area contributed by atoms with Crippen molar-refractivity contribution in [3.8, 4) is 11.9 Å². The van der Waals surface area contributed by atoms with Gasteiger partial charge in [-0.15, -0.1) is 0 Å². The summed E-state index contributed by atoms with van der Waals surface area (Å²) in [5.74, 6) is -0.808. The van der Waals surface area contributed by atoms with Crippen molar-refractivity contribution in [2.75, 3.05) is 19.8 Å². The maximum absolute atomic E-state index is 15.0. The fourth-order valence-corrected chi connectivity index (χ4v) is 6.85. The molecule has 1 aromatic heterocycles. The van der Waals surface area contributed by atoms with Crippen LogP contribution in [-0.4, -0.2) is 51.0 Å². The molecular weight excluding hydrogens is 479 g/mol. The van der Waals surface area contributed by atoms with Gasteiger partial charge >= 0.3 is 5.69 Å². The van der Waals surface area contributed by atoms with Gasteiger partial charge in [0, 0.05) is 45.2 Å². The van der Waals surface area contributed by atoms with Crippen LogP contribution in [0.5, 0.6) is 5.88 Å². The van der Waals surface area contributed by atoms with E-state index in [9.17, 15) is 20.0 Å². The molecule has 1 aliphatic heterocycles. The van der Waals surface area contributed by atoms with E-state index in [-0.39, 0.29) is 29.5 Å². The number of nitrogens with one attached hydrogen (secondary N) is 2. The molecule has 1 aromatic rings. The van der Waals surface area contributed by atoms with Crippen LogP contribution in [0.15, 0.2) is 9.59 Å². The highest BCUT2D eigenvalue weighted by Crippen LogP contribution is 2.58. The number of rotatable bonds is 7. The van der Waals surface area contributed by atoms with Gasteiger partial charge in [-0.25, -0.2) is 9.18 Å². The number of ether oxygens (including phenoxy) is 1. The van der Waals surface area contributed by atoms with Crippen LogP contribution in [-0.2, 0) is 11.3 Å². The van der Waals surface area contributed by atoms with Crippen LogP contribution >= 0.6 is 0 Å². The number of nitriles is 1. The zero-order chi connectivity index (χ0) is 26.4. The standard InChI is InChI=1S/C26H37FN6O4/c27-25(8-10-37-11-9-25)16-31-26(15-28)13-24(14-26)6-4-18(5-7-24)33-22(35)19(20(29)30)21(34)32(23(33)36)12-17-2-1-3-17/h17-18,31,34H,1-14,16H2,(H3,29,30). The molecule has 0 atom stereocenters. The predicted octanol–water partition coefficient (Wildman–Crippen LogP) is 2.07. The first kappa shape index (κ1) is 25.9. The molecule has 1 saturated heterocycles. The number of hydrogen-bond acceptors (Lipinski definition) is 7. The summed E-state index contributed by atoms with van der Waals surface area (Å²) in [5, 5.41) is 31.6. The molecule has 5 N–H and O–H groups in total. The minimum Gasteiger partial charge on any atom is -0.494 e. The highest BCUT2D eigenvalue weighted by atomic mass is 19.1. The molecule has 4 aliphatic rings. The van der Waals surface area contributed by atoms with Crippen LogP contribution in [0.2, 0.25) is 0 Å². The van der Waals surface area contributed by atoms with Gasteiger partial charge in [-0.1, -0.05) is 6.42 Å². The number of aromatic hydroxyl groups is 1. The second-order valence-electron chi connectivity index (χ2n) is 11.9. The molecule has 0 unspecified atom stereocenters. The quantitative estimate of drug-likeness (QED) is 0.319. The van der Waals surface area contributed by atoms with Crippen molar-refractivity contribution < 1.29 is 14.2 Å². The Labute approximate surface area is 215 Å². The molecular formula is C26H37FN6O4. The topological polar surface area (TPSA) is 159 Å². The van der Waals surface area contributed by atoms with Crippen LogP contribution in [0.1, 0.15) is 82.2 Å². The number of halogens is 1. The summed E-state index contributed by atoms with van der Waals surface area (Å²) in [7, 11) is 0. The third-order valence-corrected chi connectivity index (χ3v) is 9.36. The number of nitrogen functional groups attached to an aromatic ring is 1. The molecule has 2 heterocycles. The van der Waals surface area contributed by atoms with Crippen LogP contribution in [0.3, 0.4) is 0 Å². The van der Waals surface area contributed by atoms with Crippen molar-refractivity contribution in [3.63, 3.8) is 0 Å². The van der Waals surface area contributed by atoms with Crippen molar-refractivity contribution in [1.82, 2.24) is 14.5 Å². The van der Waals surface area contributed by atoms with E-state index < -0.39 is 34.2 Å². The maximum Gasteiger partial charge on any atom is 0.334 e. The minimum absolute atomic E-state index is 0.0761. The van der Waals surface area contributed by atoms with E-state index in [0.29, 0.717) is 58.3 Å². The number of hydrogen-bond donors (Lipinski definition) is 4. The van der Waals surface area contributed by atoms with Gasteiger partial charge in [0.05, 0.1) is 6.07 Å². The summed E-state index contributed by atoms with van der Waals surface area (Å²) in [6.07, 6.45) is 7.51. The fraction of sp³-hybridized carbons (Fsp3) is 0.769. The molecule has 0 radical (unpaired) electrons. The van der Waals surface area contributed by atoms with Crippen LogP contribution in [0.4, 0.5) is 4.39 Å². The van der Waals surface area contributed by atoms with E-state index in [1.807, 2.05) is 0 Å². The van der Waals surface area contributed by atoms with E-state index in [1.54, 1.807) is 0 Å².